The highest BCUT2D eigenvalue weighted by Crippen LogP contribution is 2.39. The van der Waals surface area contributed by atoms with Gasteiger partial charge in [-0.25, -0.2) is 0 Å². The van der Waals surface area contributed by atoms with E-state index in [0.717, 1.165) is 11.0 Å². The van der Waals surface area contributed by atoms with Crippen molar-refractivity contribution in [2.24, 2.45) is 0 Å². The Morgan fingerprint density at radius 1 is 1.29 bits per heavy atom. The predicted octanol–water partition coefficient (Wildman–Crippen LogP) is 2.30. The average Bonchev–Trinajstić information content (AvgIpc) is 3.10. The molecule has 1 aromatic carbocycles. The SMILES string of the molecule is OCC1CN(C2CC2)C(c2ccc(Br)cc2)O1. The Kier molecular flexibility index (Phi) is 3.21. The van der Waals surface area contributed by atoms with Gasteiger partial charge in [0.15, 0.2) is 0 Å². The number of ether oxygens (including phenoxy) is 1. The zero-order valence-electron chi connectivity index (χ0n) is 9.55. The Morgan fingerprint density at radius 3 is 2.59 bits per heavy atom. The Hall–Kier alpha value is -0.420. The molecule has 2 atom stereocenters. The van der Waals surface area contributed by atoms with Crippen LogP contribution in [-0.2, 0) is 4.74 Å². The van der Waals surface area contributed by atoms with Gasteiger partial charge in [-0.2, -0.15) is 0 Å². The Morgan fingerprint density at radius 2 is 2.00 bits per heavy atom. The molecule has 0 amide bonds. The third kappa shape index (κ3) is 2.40. The molecule has 0 spiro atoms. The minimum absolute atomic E-state index is 0.0211. The highest BCUT2D eigenvalue weighted by atomic mass is 79.9. The first-order chi connectivity index (χ1) is 8.28. The second-order valence-electron chi connectivity index (χ2n) is 4.77. The van der Waals surface area contributed by atoms with Crippen molar-refractivity contribution in [3.05, 3.63) is 34.3 Å². The molecule has 1 aliphatic carbocycles. The van der Waals surface area contributed by atoms with Gasteiger partial charge in [0.25, 0.3) is 0 Å². The number of rotatable bonds is 3. The maximum atomic E-state index is 9.24. The van der Waals surface area contributed by atoms with Gasteiger partial charge in [0.05, 0.1) is 12.7 Å². The van der Waals surface area contributed by atoms with Crippen molar-refractivity contribution in [3.63, 3.8) is 0 Å². The van der Waals surface area contributed by atoms with Gasteiger partial charge < -0.3 is 9.84 Å². The van der Waals surface area contributed by atoms with Crippen molar-refractivity contribution >= 4 is 15.9 Å². The first kappa shape index (κ1) is 11.7. The summed E-state index contributed by atoms with van der Waals surface area (Å²) >= 11 is 3.44. The lowest BCUT2D eigenvalue weighted by atomic mass is 10.2. The molecular formula is C13H16BrNO2. The Bertz CT molecular complexity index is 391. The summed E-state index contributed by atoms with van der Waals surface area (Å²) in [6.07, 6.45) is 2.50. The van der Waals surface area contributed by atoms with Crippen molar-refractivity contribution < 1.29 is 9.84 Å². The molecule has 17 heavy (non-hydrogen) atoms. The summed E-state index contributed by atoms with van der Waals surface area (Å²) in [5, 5.41) is 9.24. The number of halogens is 1. The fourth-order valence-corrected chi connectivity index (χ4v) is 2.64. The molecule has 0 aromatic heterocycles. The monoisotopic (exact) mass is 297 g/mol. The highest BCUT2D eigenvalue weighted by Gasteiger charge is 2.41. The molecule has 1 aliphatic heterocycles. The van der Waals surface area contributed by atoms with E-state index in [1.807, 2.05) is 12.1 Å². The lowest BCUT2D eigenvalue weighted by molar-refractivity contribution is -0.0216. The van der Waals surface area contributed by atoms with Gasteiger partial charge in [-0.3, -0.25) is 4.90 Å². The number of hydrogen-bond donors (Lipinski definition) is 1. The van der Waals surface area contributed by atoms with Crippen molar-refractivity contribution in [2.75, 3.05) is 13.2 Å². The molecule has 3 nitrogen and oxygen atoms in total. The molecule has 0 radical (unpaired) electrons. The second-order valence-corrected chi connectivity index (χ2v) is 5.69. The van der Waals surface area contributed by atoms with Crippen molar-refractivity contribution in [1.29, 1.82) is 0 Å². The van der Waals surface area contributed by atoms with Crippen LogP contribution < -0.4 is 0 Å². The van der Waals surface area contributed by atoms with Crippen LogP contribution in [-0.4, -0.2) is 35.3 Å². The van der Waals surface area contributed by atoms with E-state index in [4.69, 9.17) is 4.74 Å². The quantitative estimate of drug-likeness (QED) is 0.929. The van der Waals surface area contributed by atoms with Crippen molar-refractivity contribution in [3.8, 4) is 0 Å². The van der Waals surface area contributed by atoms with Crippen LogP contribution in [0.2, 0.25) is 0 Å². The summed E-state index contributed by atoms with van der Waals surface area (Å²) in [7, 11) is 0. The molecule has 4 heteroatoms. The summed E-state index contributed by atoms with van der Waals surface area (Å²) in [5.74, 6) is 0. The molecular weight excluding hydrogens is 282 g/mol. The molecule has 2 unspecified atom stereocenters. The van der Waals surface area contributed by atoms with Gasteiger partial charge in [-0.1, -0.05) is 28.1 Å². The van der Waals surface area contributed by atoms with E-state index < -0.39 is 0 Å². The molecule has 2 aliphatic rings. The Labute approximate surface area is 110 Å². The zero-order valence-corrected chi connectivity index (χ0v) is 11.1. The van der Waals surface area contributed by atoms with Crippen LogP contribution in [0.1, 0.15) is 24.6 Å². The lowest BCUT2D eigenvalue weighted by Crippen LogP contribution is -2.27. The van der Waals surface area contributed by atoms with E-state index >= 15 is 0 Å². The van der Waals surface area contributed by atoms with Gasteiger partial charge in [-0.05, 0) is 30.5 Å². The second kappa shape index (κ2) is 4.69. The maximum absolute atomic E-state index is 9.24. The molecule has 1 saturated carbocycles. The standard InChI is InChI=1S/C13H16BrNO2/c14-10-3-1-9(2-4-10)13-15(11-5-6-11)7-12(8-16)17-13/h1-4,11-13,16H,5-8H2. The van der Waals surface area contributed by atoms with Gasteiger partial charge in [0.1, 0.15) is 6.23 Å². The molecule has 92 valence electrons. The minimum atomic E-state index is -0.0377. The van der Waals surface area contributed by atoms with E-state index in [1.165, 1.54) is 18.4 Å². The van der Waals surface area contributed by atoms with Crippen LogP contribution in [0.5, 0.6) is 0 Å². The van der Waals surface area contributed by atoms with Crippen LogP contribution in [0.4, 0.5) is 0 Å². The highest BCUT2D eigenvalue weighted by molar-refractivity contribution is 9.10. The summed E-state index contributed by atoms with van der Waals surface area (Å²) in [6, 6.07) is 8.90. The number of benzene rings is 1. The van der Waals surface area contributed by atoms with E-state index in [1.54, 1.807) is 0 Å². The van der Waals surface area contributed by atoms with Gasteiger partial charge in [-0.15, -0.1) is 0 Å². The van der Waals surface area contributed by atoms with Crippen molar-refractivity contribution in [1.82, 2.24) is 4.90 Å². The smallest absolute Gasteiger partial charge is 0.137 e. The van der Waals surface area contributed by atoms with Gasteiger partial charge >= 0.3 is 0 Å². The predicted molar refractivity (Wildman–Crippen MR) is 68.6 cm³/mol. The zero-order chi connectivity index (χ0) is 11.8. The third-order valence-corrected chi connectivity index (χ3v) is 3.94. The van der Waals surface area contributed by atoms with E-state index in [9.17, 15) is 5.11 Å². The topological polar surface area (TPSA) is 32.7 Å². The van der Waals surface area contributed by atoms with Gasteiger partial charge in [0.2, 0.25) is 0 Å². The van der Waals surface area contributed by atoms with E-state index in [-0.39, 0.29) is 18.9 Å². The third-order valence-electron chi connectivity index (χ3n) is 3.41. The fourth-order valence-electron chi connectivity index (χ4n) is 2.38. The number of aliphatic hydroxyl groups is 1. The summed E-state index contributed by atoms with van der Waals surface area (Å²) < 4.78 is 6.99. The first-order valence-electron chi connectivity index (χ1n) is 6.05. The average molecular weight is 298 g/mol. The van der Waals surface area contributed by atoms with Crippen molar-refractivity contribution in [2.45, 2.75) is 31.2 Å². The minimum Gasteiger partial charge on any atom is -0.394 e. The fraction of sp³-hybridized carbons (Fsp3) is 0.538. The number of hydrogen-bond acceptors (Lipinski definition) is 3. The lowest BCUT2D eigenvalue weighted by Gasteiger charge is -2.22. The summed E-state index contributed by atoms with van der Waals surface area (Å²) in [4.78, 5) is 2.38. The number of aliphatic hydroxyl groups excluding tert-OH is 1. The summed E-state index contributed by atoms with van der Waals surface area (Å²) in [6.45, 7) is 0.956. The normalized spacial score (nSPS) is 29.8. The molecule has 1 N–H and O–H groups in total. The van der Waals surface area contributed by atoms with Crippen LogP contribution >= 0.6 is 15.9 Å². The van der Waals surface area contributed by atoms with Gasteiger partial charge in [0, 0.05) is 17.1 Å². The first-order valence-corrected chi connectivity index (χ1v) is 6.85. The molecule has 1 aromatic rings. The summed E-state index contributed by atoms with van der Waals surface area (Å²) in [5.41, 5.74) is 1.18. The molecule has 0 bridgehead atoms. The van der Waals surface area contributed by atoms with E-state index in [2.05, 4.69) is 33.0 Å². The number of nitrogens with zero attached hydrogens (tertiary/aromatic N) is 1. The largest absolute Gasteiger partial charge is 0.394 e. The molecule has 1 heterocycles. The van der Waals surface area contributed by atoms with Crippen LogP contribution in [0.3, 0.4) is 0 Å². The molecule has 2 fully saturated rings. The molecule has 1 saturated heterocycles. The van der Waals surface area contributed by atoms with Crippen LogP contribution in [0.15, 0.2) is 28.7 Å². The maximum Gasteiger partial charge on any atom is 0.137 e. The van der Waals surface area contributed by atoms with Crippen LogP contribution in [0.25, 0.3) is 0 Å². The van der Waals surface area contributed by atoms with E-state index in [0.29, 0.717) is 6.04 Å². The Balaban J connectivity index is 1.82. The van der Waals surface area contributed by atoms with Crippen LogP contribution in [0, 0.1) is 0 Å². The molecule has 3 rings (SSSR count).